The molecular formula is C18H20N3O3+. The first-order valence-electron chi connectivity index (χ1n) is 8.01. The first-order valence-corrected chi connectivity index (χ1v) is 8.01. The van der Waals surface area contributed by atoms with Crippen LogP contribution < -0.4 is 14.6 Å². The lowest BCUT2D eigenvalue weighted by Crippen LogP contribution is -2.65. The largest absolute Gasteiger partial charge is 0.493 e. The summed E-state index contributed by atoms with van der Waals surface area (Å²) in [4.78, 5) is 16.4. The maximum absolute atomic E-state index is 11.9. The van der Waals surface area contributed by atoms with Gasteiger partial charge in [0, 0.05) is 11.6 Å². The Morgan fingerprint density at radius 1 is 1.46 bits per heavy atom. The lowest BCUT2D eigenvalue weighted by atomic mass is 9.76. The van der Waals surface area contributed by atoms with Gasteiger partial charge in [-0.05, 0) is 32.0 Å². The smallest absolute Gasteiger partial charge is 0.392 e. The van der Waals surface area contributed by atoms with Crippen molar-refractivity contribution in [1.82, 2.24) is 4.98 Å². The van der Waals surface area contributed by atoms with Crippen molar-refractivity contribution in [2.45, 2.75) is 25.4 Å². The van der Waals surface area contributed by atoms with Crippen molar-refractivity contribution in [3.63, 3.8) is 0 Å². The van der Waals surface area contributed by atoms with Crippen LogP contribution in [0.1, 0.15) is 35.8 Å². The van der Waals surface area contributed by atoms with Crippen LogP contribution in [0.4, 0.5) is 5.95 Å². The molecule has 3 heterocycles. The quantitative estimate of drug-likeness (QED) is 0.642. The Balaban J connectivity index is 1.83. The minimum atomic E-state index is -0.345. The third-order valence-corrected chi connectivity index (χ3v) is 5.15. The molecule has 2 aliphatic rings. The molecule has 0 amide bonds. The summed E-state index contributed by atoms with van der Waals surface area (Å²) < 4.78 is 13.0. The molecule has 1 aromatic heterocycles. The van der Waals surface area contributed by atoms with Crippen molar-refractivity contribution in [2.75, 3.05) is 19.0 Å². The first kappa shape index (κ1) is 14.9. The Morgan fingerprint density at radius 2 is 2.29 bits per heavy atom. The molecule has 0 unspecified atom stereocenters. The van der Waals surface area contributed by atoms with E-state index >= 15 is 0 Å². The number of rotatable bonds is 1. The second-order valence-corrected chi connectivity index (χ2v) is 6.75. The van der Waals surface area contributed by atoms with Gasteiger partial charge in [-0.15, -0.1) is 0 Å². The van der Waals surface area contributed by atoms with E-state index in [1.165, 1.54) is 7.11 Å². The van der Waals surface area contributed by atoms with Gasteiger partial charge in [0.15, 0.2) is 0 Å². The molecular weight excluding hydrogens is 306 g/mol. The molecule has 1 aromatic carbocycles. The second-order valence-electron chi connectivity index (χ2n) is 6.75. The number of methoxy groups -OCH3 is 1. The predicted molar refractivity (Wildman–Crippen MR) is 86.9 cm³/mol. The SMILES string of the molecule is COC(=O)c1ccc2c(c1)[C@@H]1Nc3nccc[n+]3C(C)(C)[C@H]1CO2. The number of ether oxygens (including phenoxy) is 2. The highest BCUT2D eigenvalue weighted by molar-refractivity contribution is 5.89. The van der Waals surface area contributed by atoms with Crippen LogP contribution in [0, 0.1) is 5.92 Å². The van der Waals surface area contributed by atoms with Crippen LogP contribution in [-0.2, 0) is 10.3 Å². The van der Waals surface area contributed by atoms with Gasteiger partial charge in [0.05, 0.1) is 36.9 Å². The summed E-state index contributed by atoms with van der Waals surface area (Å²) in [7, 11) is 1.39. The number of benzene rings is 1. The zero-order valence-corrected chi connectivity index (χ0v) is 13.9. The van der Waals surface area contributed by atoms with Crippen molar-refractivity contribution in [3.8, 4) is 5.75 Å². The number of fused-ring (bicyclic) bond motifs is 4. The van der Waals surface area contributed by atoms with E-state index in [0.717, 1.165) is 17.3 Å². The molecule has 0 spiro atoms. The number of hydrogen-bond acceptors (Lipinski definition) is 5. The highest BCUT2D eigenvalue weighted by Gasteiger charge is 2.50. The summed E-state index contributed by atoms with van der Waals surface area (Å²) in [5.74, 6) is 1.49. The first-order chi connectivity index (χ1) is 11.5. The highest BCUT2D eigenvalue weighted by Crippen LogP contribution is 2.45. The van der Waals surface area contributed by atoms with Gasteiger partial charge in [-0.3, -0.25) is 5.32 Å². The molecule has 6 nitrogen and oxygen atoms in total. The molecule has 0 saturated carbocycles. The van der Waals surface area contributed by atoms with Crippen LogP contribution in [0.15, 0.2) is 36.7 Å². The fourth-order valence-corrected chi connectivity index (χ4v) is 3.71. The van der Waals surface area contributed by atoms with E-state index in [-0.39, 0.29) is 23.5 Å². The number of anilines is 1. The number of carbonyl (C=O) groups is 1. The molecule has 4 rings (SSSR count). The summed E-state index contributed by atoms with van der Waals surface area (Å²) in [5.41, 5.74) is 1.33. The van der Waals surface area contributed by atoms with Gasteiger partial charge in [-0.1, -0.05) is 4.98 Å². The van der Waals surface area contributed by atoms with Crippen LogP contribution in [-0.4, -0.2) is 24.7 Å². The van der Waals surface area contributed by atoms with Crippen molar-refractivity contribution < 1.29 is 18.8 Å². The summed E-state index contributed by atoms with van der Waals surface area (Å²) in [6.07, 6.45) is 3.81. The number of aromatic nitrogens is 2. The summed E-state index contributed by atoms with van der Waals surface area (Å²) in [6, 6.07) is 7.40. The normalized spacial score (nSPS) is 23.0. The third kappa shape index (κ3) is 2.06. The van der Waals surface area contributed by atoms with Gasteiger partial charge in [-0.2, -0.15) is 0 Å². The zero-order valence-electron chi connectivity index (χ0n) is 13.9. The number of carbonyl (C=O) groups excluding carboxylic acids is 1. The second kappa shape index (κ2) is 5.19. The van der Waals surface area contributed by atoms with Gasteiger partial charge in [0.25, 0.3) is 0 Å². The molecule has 0 saturated heterocycles. The topological polar surface area (TPSA) is 64.3 Å². The Bertz CT molecular complexity index is 819. The molecule has 0 bridgehead atoms. The number of nitrogens with one attached hydrogen (secondary N) is 1. The molecule has 0 aliphatic carbocycles. The van der Waals surface area contributed by atoms with Gasteiger partial charge in [0.1, 0.15) is 18.0 Å². The Morgan fingerprint density at radius 3 is 3.08 bits per heavy atom. The molecule has 0 fully saturated rings. The van der Waals surface area contributed by atoms with E-state index in [2.05, 4.69) is 28.7 Å². The monoisotopic (exact) mass is 326 g/mol. The van der Waals surface area contributed by atoms with Gasteiger partial charge in [0.2, 0.25) is 0 Å². The summed E-state index contributed by atoms with van der Waals surface area (Å²) >= 11 is 0. The maximum atomic E-state index is 11.9. The molecule has 2 aliphatic heterocycles. The summed E-state index contributed by atoms with van der Waals surface area (Å²) in [6.45, 7) is 4.99. The number of nitrogens with zero attached hydrogens (tertiary/aromatic N) is 2. The van der Waals surface area contributed by atoms with Crippen LogP contribution in [0.5, 0.6) is 5.75 Å². The van der Waals surface area contributed by atoms with Crippen molar-refractivity contribution >= 4 is 11.9 Å². The van der Waals surface area contributed by atoms with Crippen LogP contribution in [0.25, 0.3) is 0 Å². The minimum Gasteiger partial charge on any atom is -0.493 e. The van der Waals surface area contributed by atoms with Gasteiger partial charge >= 0.3 is 11.9 Å². The van der Waals surface area contributed by atoms with Crippen LogP contribution >= 0.6 is 0 Å². The molecule has 24 heavy (non-hydrogen) atoms. The molecule has 2 atom stereocenters. The zero-order chi connectivity index (χ0) is 16.9. The fourth-order valence-electron chi connectivity index (χ4n) is 3.71. The molecule has 2 aromatic rings. The summed E-state index contributed by atoms with van der Waals surface area (Å²) in [5, 5.41) is 3.51. The lowest BCUT2D eigenvalue weighted by Gasteiger charge is -2.44. The Labute approximate surface area is 140 Å². The van der Waals surface area contributed by atoms with Crippen LogP contribution in [0.3, 0.4) is 0 Å². The van der Waals surface area contributed by atoms with Gasteiger partial charge < -0.3 is 9.47 Å². The molecule has 1 N–H and O–H groups in total. The standard InChI is InChI=1S/C18H19N3O3/c1-18(2)13-10-24-14-6-5-11(16(22)23-3)9-12(14)15(13)20-17-19-7-4-8-21(17)18/h4-9,13,15H,10H2,1-3H3/p+1/t13-,15-/m0/s1. The van der Waals surface area contributed by atoms with E-state index in [4.69, 9.17) is 9.47 Å². The van der Waals surface area contributed by atoms with Crippen molar-refractivity contribution in [1.29, 1.82) is 0 Å². The number of hydrogen-bond donors (Lipinski definition) is 1. The Kier molecular flexibility index (Phi) is 3.23. The maximum Gasteiger partial charge on any atom is 0.392 e. The third-order valence-electron chi connectivity index (χ3n) is 5.15. The lowest BCUT2D eigenvalue weighted by molar-refractivity contribution is -0.761. The van der Waals surface area contributed by atoms with E-state index in [0.29, 0.717) is 12.2 Å². The van der Waals surface area contributed by atoms with E-state index < -0.39 is 0 Å². The number of esters is 1. The average Bonchev–Trinajstić information content (AvgIpc) is 2.60. The van der Waals surface area contributed by atoms with E-state index in [1.807, 2.05) is 24.4 Å². The molecule has 6 heteroatoms. The van der Waals surface area contributed by atoms with Gasteiger partial charge in [-0.25, -0.2) is 9.36 Å². The van der Waals surface area contributed by atoms with Crippen molar-refractivity contribution in [3.05, 3.63) is 47.8 Å². The molecule has 124 valence electrons. The predicted octanol–water partition coefficient (Wildman–Crippen LogP) is 2.07. The Hall–Kier alpha value is -2.63. The average molecular weight is 326 g/mol. The molecule has 0 radical (unpaired) electrons. The van der Waals surface area contributed by atoms with E-state index in [9.17, 15) is 4.79 Å². The highest BCUT2D eigenvalue weighted by atomic mass is 16.5. The van der Waals surface area contributed by atoms with Crippen LogP contribution in [0.2, 0.25) is 0 Å². The minimum absolute atomic E-state index is 0.0308. The van der Waals surface area contributed by atoms with E-state index in [1.54, 1.807) is 12.3 Å². The van der Waals surface area contributed by atoms with Crippen molar-refractivity contribution in [2.24, 2.45) is 5.92 Å². The fraction of sp³-hybridized carbons (Fsp3) is 0.389.